The summed E-state index contributed by atoms with van der Waals surface area (Å²) in [6.07, 6.45) is 15.6. The molecule has 2 nitrogen and oxygen atoms in total. The molecule has 0 bridgehead atoms. The summed E-state index contributed by atoms with van der Waals surface area (Å²) in [5, 5.41) is 7.67. The molecule has 0 aromatic heterocycles. The van der Waals surface area contributed by atoms with Gasteiger partial charge in [0.15, 0.2) is 5.11 Å². The molecule has 0 spiro atoms. The minimum Gasteiger partial charge on any atom is -0.362 e. The van der Waals surface area contributed by atoms with Gasteiger partial charge in [-0.1, -0.05) is 30.9 Å². The quantitative estimate of drug-likeness (QED) is 0.599. The number of thiocarbonyl (C=S) groups is 1. The van der Waals surface area contributed by atoms with E-state index in [4.69, 9.17) is 12.2 Å². The van der Waals surface area contributed by atoms with Crippen molar-refractivity contribution in [2.75, 3.05) is 6.54 Å². The van der Waals surface area contributed by atoms with Crippen LogP contribution in [0.2, 0.25) is 0 Å². The Labute approximate surface area is 117 Å². The Balaban J connectivity index is 1.57. The highest BCUT2D eigenvalue weighted by atomic mass is 32.1. The molecule has 2 rings (SSSR count). The Bertz CT molecular complexity index is 293. The van der Waals surface area contributed by atoms with E-state index < -0.39 is 0 Å². The lowest BCUT2D eigenvalue weighted by Gasteiger charge is -2.24. The van der Waals surface area contributed by atoms with Gasteiger partial charge in [-0.3, -0.25) is 0 Å². The van der Waals surface area contributed by atoms with Crippen molar-refractivity contribution in [1.82, 2.24) is 10.6 Å². The molecule has 0 unspecified atom stereocenters. The highest BCUT2D eigenvalue weighted by Gasteiger charge is 2.13. The number of hydrogen-bond acceptors (Lipinski definition) is 1. The van der Waals surface area contributed by atoms with Crippen LogP contribution < -0.4 is 10.6 Å². The van der Waals surface area contributed by atoms with Gasteiger partial charge < -0.3 is 10.6 Å². The van der Waals surface area contributed by atoms with Crippen molar-refractivity contribution in [2.24, 2.45) is 0 Å². The van der Waals surface area contributed by atoms with Gasteiger partial charge in [0, 0.05) is 12.6 Å². The molecular formula is C15H26N2S. The van der Waals surface area contributed by atoms with E-state index in [1.165, 1.54) is 57.8 Å². The second-order valence-corrected chi connectivity index (χ2v) is 6.00. The maximum absolute atomic E-state index is 5.36. The van der Waals surface area contributed by atoms with Crippen molar-refractivity contribution in [3.8, 4) is 0 Å². The number of rotatable bonds is 4. The van der Waals surface area contributed by atoms with Crippen LogP contribution in [-0.2, 0) is 0 Å². The molecule has 0 aliphatic heterocycles. The van der Waals surface area contributed by atoms with Crippen LogP contribution in [0.15, 0.2) is 11.6 Å². The second kappa shape index (κ2) is 7.78. The summed E-state index contributed by atoms with van der Waals surface area (Å²) in [4.78, 5) is 0. The summed E-state index contributed by atoms with van der Waals surface area (Å²) < 4.78 is 0. The monoisotopic (exact) mass is 266 g/mol. The van der Waals surface area contributed by atoms with Gasteiger partial charge in [-0.05, 0) is 57.2 Å². The van der Waals surface area contributed by atoms with Crippen LogP contribution in [-0.4, -0.2) is 17.7 Å². The Morgan fingerprint density at radius 2 is 2.00 bits per heavy atom. The predicted molar refractivity (Wildman–Crippen MR) is 81.8 cm³/mol. The first-order valence-electron chi connectivity index (χ1n) is 7.57. The van der Waals surface area contributed by atoms with Crippen LogP contribution >= 0.6 is 12.2 Å². The maximum atomic E-state index is 5.36. The van der Waals surface area contributed by atoms with Gasteiger partial charge in [0.25, 0.3) is 0 Å². The molecule has 0 aromatic rings. The molecule has 3 heteroatoms. The number of nitrogens with one attached hydrogen (secondary N) is 2. The SMILES string of the molecule is S=C(NCCC1=CCCCC1)NC1CCCCC1. The molecule has 1 fully saturated rings. The summed E-state index contributed by atoms with van der Waals surface area (Å²) in [6, 6.07) is 0.618. The van der Waals surface area contributed by atoms with Gasteiger partial charge in [-0.25, -0.2) is 0 Å². The summed E-state index contributed by atoms with van der Waals surface area (Å²) in [7, 11) is 0. The molecular weight excluding hydrogens is 240 g/mol. The lowest BCUT2D eigenvalue weighted by molar-refractivity contribution is 0.412. The molecule has 0 radical (unpaired) electrons. The molecule has 0 aromatic carbocycles. The number of hydrogen-bond donors (Lipinski definition) is 2. The first-order chi connectivity index (χ1) is 8.84. The van der Waals surface area contributed by atoms with Crippen LogP contribution in [0.5, 0.6) is 0 Å². The highest BCUT2D eigenvalue weighted by Crippen LogP contribution is 2.19. The van der Waals surface area contributed by atoms with Gasteiger partial charge in [-0.15, -0.1) is 0 Å². The summed E-state index contributed by atoms with van der Waals surface area (Å²) in [6.45, 7) is 0.990. The third kappa shape index (κ3) is 4.97. The third-order valence-corrected chi connectivity index (χ3v) is 4.32. The molecule has 2 aliphatic carbocycles. The van der Waals surface area contributed by atoms with Crippen molar-refractivity contribution in [1.29, 1.82) is 0 Å². The van der Waals surface area contributed by atoms with Gasteiger partial charge in [0.1, 0.15) is 0 Å². The Kier molecular flexibility index (Phi) is 5.98. The molecule has 0 saturated heterocycles. The topological polar surface area (TPSA) is 24.1 Å². The van der Waals surface area contributed by atoms with Crippen molar-refractivity contribution in [2.45, 2.75) is 70.3 Å². The van der Waals surface area contributed by atoms with Crippen molar-refractivity contribution >= 4 is 17.3 Å². The summed E-state index contributed by atoms with van der Waals surface area (Å²) in [5.41, 5.74) is 1.62. The maximum Gasteiger partial charge on any atom is 0.166 e. The van der Waals surface area contributed by atoms with E-state index in [0.717, 1.165) is 18.1 Å². The molecule has 1 saturated carbocycles. The van der Waals surface area contributed by atoms with E-state index in [1.807, 2.05) is 0 Å². The van der Waals surface area contributed by atoms with Crippen molar-refractivity contribution in [3.63, 3.8) is 0 Å². The summed E-state index contributed by atoms with van der Waals surface area (Å²) >= 11 is 5.36. The van der Waals surface area contributed by atoms with Crippen molar-refractivity contribution < 1.29 is 0 Å². The average Bonchev–Trinajstić information content (AvgIpc) is 2.41. The largest absolute Gasteiger partial charge is 0.362 e. The van der Waals surface area contributed by atoms with E-state index in [-0.39, 0.29) is 0 Å². The van der Waals surface area contributed by atoms with Gasteiger partial charge >= 0.3 is 0 Å². The minimum absolute atomic E-state index is 0.618. The van der Waals surface area contributed by atoms with Crippen LogP contribution in [0.25, 0.3) is 0 Å². The smallest absolute Gasteiger partial charge is 0.166 e. The van der Waals surface area contributed by atoms with Crippen LogP contribution in [0.4, 0.5) is 0 Å². The lowest BCUT2D eigenvalue weighted by atomic mass is 9.96. The average molecular weight is 266 g/mol. The highest BCUT2D eigenvalue weighted by molar-refractivity contribution is 7.80. The fourth-order valence-corrected chi connectivity index (χ4v) is 3.22. The van der Waals surface area contributed by atoms with Gasteiger partial charge in [-0.2, -0.15) is 0 Å². The van der Waals surface area contributed by atoms with E-state index >= 15 is 0 Å². The normalized spacial score (nSPS) is 21.2. The standard InChI is InChI=1S/C15H26N2S/c18-15(17-14-9-5-2-6-10-14)16-12-11-13-7-3-1-4-8-13/h7,14H,1-6,8-12H2,(H2,16,17,18). The molecule has 2 aliphatic rings. The fourth-order valence-electron chi connectivity index (χ4n) is 2.95. The molecule has 0 atom stereocenters. The number of allylic oxidation sites excluding steroid dienone is 1. The Morgan fingerprint density at radius 1 is 1.17 bits per heavy atom. The molecule has 102 valence electrons. The third-order valence-electron chi connectivity index (χ3n) is 4.06. The molecule has 0 amide bonds. The van der Waals surface area contributed by atoms with Crippen LogP contribution in [0.3, 0.4) is 0 Å². The zero-order valence-electron chi connectivity index (χ0n) is 11.3. The van der Waals surface area contributed by atoms with E-state index in [2.05, 4.69) is 16.7 Å². The lowest BCUT2D eigenvalue weighted by Crippen LogP contribution is -2.43. The van der Waals surface area contributed by atoms with Gasteiger partial charge in [0.2, 0.25) is 0 Å². The molecule has 18 heavy (non-hydrogen) atoms. The van der Waals surface area contributed by atoms with E-state index in [9.17, 15) is 0 Å². The van der Waals surface area contributed by atoms with E-state index in [0.29, 0.717) is 6.04 Å². The second-order valence-electron chi connectivity index (χ2n) is 5.59. The fraction of sp³-hybridized carbons (Fsp3) is 0.800. The zero-order valence-corrected chi connectivity index (χ0v) is 12.2. The van der Waals surface area contributed by atoms with Crippen LogP contribution in [0.1, 0.15) is 64.2 Å². The molecule has 0 heterocycles. The summed E-state index contributed by atoms with van der Waals surface area (Å²) in [5.74, 6) is 0. The Hall–Kier alpha value is -0.570. The first kappa shape index (κ1) is 13.9. The first-order valence-corrected chi connectivity index (χ1v) is 7.98. The molecule has 2 N–H and O–H groups in total. The van der Waals surface area contributed by atoms with Crippen molar-refractivity contribution in [3.05, 3.63) is 11.6 Å². The van der Waals surface area contributed by atoms with Gasteiger partial charge in [0.05, 0.1) is 0 Å². The van der Waals surface area contributed by atoms with E-state index in [1.54, 1.807) is 5.57 Å². The Morgan fingerprint density at radius 3 is 2.72 bits per heavy atom. The predicted octanol–water partition coefficient (Wildman–Crippen LogP) is 3.67. The zero-order chi connectivity index (χ0) is 12.6. The van der Waals surface area contributed by atoms with Crippen LogP contribution in [0, 0.1) is 0 Å². The minimum atomic E-state index is 0.618.